The van der Waals surface area contributed by atoms with Crippen molar-refractivity contribution in [2.24, 2.45) is 0 Å². The number of ketones is 1. The Bertz CT molecular complexity index is 1310. The molecule has 1 amide bonds. The van der Waals surface area contributed by atoms with E-state index in [-0.39, 0.29) is 17.9 Å². The highest BCUT2D eigenvalue weighted by Gasteiger charge is 2.45. The van der Waals surface area contributed by atoms with Gasteiger partial charge < -0.3 is 29.0 Å². The molecule has 0 bridgehead atoms. The first-order chi connectivity index (χ1) is 17.9. The van der Waals surface area contributed by atoms with Gasteiger partial charge >= 0.3 is 0 Å². The number of Topliss-reactive ketones (excluding diaryl/α,β-unsaturated/α-hetero) is 1. The third kappa shape index (κ3) is 5.09. The number of hydrogen-bond acceptors (Lipinski definition) is 7. The van der Waals surface area contributed by atoms with Crippen LogP contribution in [0.15, 0.2) is 72.3 Å². The molecule has 3 aromatic rings. The molecule has 1 N–H and O–H groups in total. The van der Waals surface area contributed by atoms with E-state index in [1.807, 2.05) is 12.1 Å². The summed E-state index contributed by atoms with van der Waals surface area (Å²) in [7, 11) is 6.23. The van der Waals surface area contributed by atoms with E-state index in [0.29, 0.717) is 40.5 Å². The molecule has 1 fully saturated rings. The largest absolute Gasteiger partial charge is 0.507 e. The zero-order valence-electron chi connectivity index (χ0n) is 21.2. The Morgan fingerprint density at radius 1 is 0.784 bits per heavy atom. The summed E-state index contributed by atoms with van der Waals surface area (Å²) in [6, 6.07) is 18.5. The molecule has 1 atom stereocenters. The van der Waals surface area contributed by atoms with E-state index in [4.69, 9.17) is 18.9 Å². The summed E-state index contributed by atoms with van der Waals surface area (Å²) in [6.07, 6.45) is 0.461. The van der Waals surface area contributed by atoms with Crippen molar-refractivity contribution in [2.75, 3.05) is 35.0 Å². The fraction of sp³-hybridized carbons (Fsp3) is 0.241. The van der Waals surface area contributed by atoms with Crippen LogP contribution >= 0.6 is 0 Å². The third-order valence-electron chi connectivity index (χ3n) is 6.42. The van der Waals surface area contributed by atoms with Gasteiger partial charge in [0.1, 0.15) is 17.3 Å². The average Bonchev–Trinajstić information content (AvgIpc) is 3.20. The lowest BCUT2D eigenvalue weighted by molar-refractivity contribution is -0.139. The van der Waals surface area contributed by atoms with Gasteiger partial charge in [-0.15, -0.1) is 0 Å². The molecule has 4 rings (SSSR count). The quantitative estimate of drug-likeness (QED) is 0.263. The number of ether oxygens (including phenoxy) is 4. The van der Waals surface area contributed by atoms with Gasteiger partial charge in [-0.3, -0.25) is 9.59 Å². The number of methoxy groups -OCH3 is 4. The van der Waals surface area contributed by atoms with E-state index in [2.05, 4.69) is 0 Å². The minimum atomic E-state index is -0.770. The number of hydrogen-bond donors (Lipinski definition) is 1. The molecule has 0 aromatic heterocycles. The predicted molar refractivity (Wildman–Crippen MR) is 138 cm³/mol. The van der Waals surface area contributed by atoms with E-state index < -0.39 is 17.7 Å². The van der Waals surface area contributed by atoms with Gasteiger partial charge in [-0.2, -0.15) is 0 Å². The molecule has 192 valence electrons. The molecule has 1 heterocycles. The van der Waals surface area contributed by atoms with Gasteiger partial charge in [0, 0.05) is 12.1 Å². The summed E-state index contributed by atoms with van der Waals surface area (Å²) < 4.78 is 21.2. The summed E-state index contributed by atoms with van der Waals surface area (Å²) in [5.74, 6) is 0.783. The second-order valence-corrected chi connectivity index (χ2v) is 8.43. The number of carbonyl (C=O) groups is 2. The van der Waals surface area contributed by atoms with Gasteiger partial charge in [-0.25, -0.2) is 0 Å². The first kappa shape index (κ1) is 25.6. The number of benzene rings is 3. The molecule has 1 aliphatic rings. The monoisotopic (exact) mass is 503 g/mol. The summed E-state index contributed by atoms with van der Waals surface area (Å²) in [4.78, 5) is 28.0. The van der Waals surface area contributed by atoms with Gasteiger partial charge in [0.2, 0.25) is 0 Å². The highest BCUT2D eigenvalue weighted by Crippen LogP contribution is 2.40. The second kappa shape index (κ2) is 11.1. The highest BCUT2D eigenvalue weighted by molar-refractivity contribution is 6.46. The van der Waals surface area contributed by atoms with E-state index >= 15 is 0 Å². The van der Waals surface area contributed by atoms with Crippen LogP contribution in [-0.4, -0.2) is 56.7 Å². The molecule has 0 spiro atoms. The summed E-state index contributed by atoms with van der Waals surface area (Å²) in [5, 5.41) is 11.2. The average molecular weight is 504 g/mol. The van der Waals surface area contributed by atoms with Crippen molar-refractivity contribution in [3.8, 4) is 23.0 Å². The van der Waals surface area contributed by atoms with Crippen LogP contribution in [0.2, 0.25) is 0 Å². The third-order valence-corrected chi connectivity index (χ3v) is 6.42. The van der Waals surface area contributed by atoms with E-state index in [1.54, 1.807) is 83.0 Å². The van der Waals surface area contributed by atoms with Crippen molar-refractivity contribution in [3.05, 3.63) is 89.0 Å². The van der Waals surface area contributed by atoms with E-state index in [9.17, 15) is 14.7 Å². The Kier molecular flexibility index (Phi) is 7.67. The second-order valence-electron chi connectivity index (χ2n) is 8.43. The van der Waals surface area contributed by atoms with Gasteiger partial charge in [0.15, 0.2) is 11.5 Å². The molecule has 1 aliphatic heterocycles. The smallest absolute Gasteiger partial charge is 0.295 e. The number of nitrogens with zero attached hydrogens (tertiary/aromatic N) is 1. The van der Waals surface area contributed by atoms with Gasteiger partial charge in [-0.1, -0.05) is 18.2 Å². The maximum atomic E-state index is 13.3. The van der Waals surface area contributed by atoms with Crippen LogP contribution in [0.5, 0.6) is 23.0 Å². The minimum absolute atomic E-state index is 0.0349. The molecule has 1 saturated heterocycles. The van der Waals surface area contributed by atoms with Crippen molar-refractivity contribution in [2.45, 2.75) is 12.5 Å². The molecule has 37 heavy (non-hydrogen) atoms. The number of likely N-dealkylation sites (tertiary alicyclic amines) is 1. The Morgan fingerprint density at radius 2 is 1.38 bits per heavy atom. The zero-order chi connectivity index (χ0) is 26.5. The van der Waals surface area contributed by atoms with Crippen molar-refractivity contribution < 1.29 is 33.6 Å². The fourth-order valence-corrected chi connectivity index (χ4v) is 4.43. The fourth-order valence-electron chi connectivity index (χ4n) is 4.43. The maximum Gasteiger partial charge on any atom is 0.295 e. The Balaban J connectivity index is 1.73. The summed E-state index contributed by atoms with van der Waals surface area (Å²) >= 11 is 0. The molecule has 1 unspecified atom stereocenters. The topological polar surface area (TPSA) is 94.5 Å². The molecule has 0 aliphatic carbocycles. The molecule has 0 saturated carbocycles. The number of rotatable bonds is 9. The summed E-state index contributed by atoms with van der Waals surface area (Å²) in [6.45, 7) is 0.246. The van der Waals surface area contributed by atoms with Crippen molar-refractivity contribution >= 4 is 17.4 Å². The number of aliphatic hydroxyl groups excluding tert-OH is 1. The molecule has 8 heteroatoms. The zero-order valence-corrected chi connectivity index (χ0v) is 21.2. The number of carbonyl (C=O) groups excluding carboxylic acids is 2. The predicted octanol–water partition coefficient (Wildman–Crippen LogP) is 4.39. The molecule has 8 nitrogen and oxygen atoms in total. The SMILES string of the molecule is COc1ccc(/C(O)=C2\C(=O)C(=O)N(CCc3ccc(OC)c(OC)c3)C2c2ccc(OC)cc2)cc1. The van der Waals surface area contributed by atoms with Crippen LogP contribution in [0.1, 0.15) is 22.7 Å². The minimum Gasteiger partial charge on any atom is -0.507 e. The lowest BCUT2D eigenvalue weighted by atomic mass is 9.95. The highest BCUT2D eigenvalue weighted by atomic mass is 16.5. The van der Waals surface area contributed by atoms with Crippen molar-refractivity contribution in [1.29, 1.82) is 0 Å². The maximum absolute atomic E-state index is 13.3. The summed E-state index contributed by atoms with van der Waals surface area (Å²) in [5.41, 5.74) is 2.04. The van der Waals surface area contributed by atoms with Crippen molar-refractivity contribution in [1.82, 2.24) is 4.90 Å². The van der Waals surface area contributed by atoms with Crippen LogP contribution in [0, 0.1) is 0 Å². The van der Waals surface area contributed by atoms with Gasteiger partial charge in [0.05, 0.1) is 40.1 Å². The standard InChI is InChI=1S/C29H29NO7/c1-34-21-10-6-19(7-11-21)26-25(27(31)20-8-12-22(35-2)13-9-20)28(32)29(33)30(26)16-15-18-5-14-23(36-3)24(17-18)37-4/h5-14,17,26,31H,15-16H2,1-4H3/b27-25+. The lowest BCUT2D eigenvalue weighted by Gasteiger charge is -2.25. The Hall–Kier alpha value is -4.46. The molecular formula is C29H29NO7. The molecular weight excluding hydrogens is 474 g/mol. The first-order valence-electron chi connectivity index (χ1n) is 11.7. The van der Waals surface area contributed by atoms with Crippen LogP contribution in [0.4, 0.5) is 0 Å². The van der Waals surface area contributed by atoms with E-state index in [1.165, 1.54) is 4.90 Å². The molecule has 0 radical (unpaired) electrons. The van der Waals surface area contributed by atoms with Crippen LogP contribution in [-0.2, 0) is 16.0 Å². The normalized spacial score (nSPS) is 16.5. The Labute approximate surface area is 215 Å². The Morgan fingerprint density at radius 3 is 1.95 bits per heavy atom. The first-order valence-corrected chi connectivity index (χ1v) is 11.7. The van der Waals surface area contributed by atoms with Crippen LogP contribution in [0.3, 0.4) is 0 Å². The van der Waals surface area contributed by atoms with Crippen LogP contribution in [0.25, 0.3) is 5.76 Å². The van der Waals surface area contributed by atoms with Gasteiger partial charge in [-0.05, 0) is 66.1 Å². The molecule has 3 aromatic carbocycles. The van der Waals surface area contributed by atoms with E-state index in [0.717, 1.165) is 5.56 Å². The van der Waals surface area contributed by atoms with Crippen LogP contribution < -0.4 is 18.9 Å². The lowest BCUT2D eigenvalue weighted by Crippen LogP contribution is -2.31. The van der Waals surface area contributed by atoms with Crippen molar-refractivity contribution in [3.63, 3.8) is 0 Å². The number of amides is 1. The number of aliphatic hydroxyl groups is 1. The van der Waals surface area contributed by atoms with Gasteiger partial charge in [0.25, 0.3) is 11.7 Å².